The van der Waals surface area contributed by atoms with Gasteiger partial charge in [-0.3, -0.25) is 19.2 Å². The first-order valence-electron chi connectivity index (χ1n) is 10.6. The summed E-state index contributed by atoms with van der Waals surface area (Å²) in [4.78, 5) is 53.0. The largest absolute Gasteiger partial charge is 0.507 e. The molecule has 0 aromatic heterocycles. The first-order chi connectivity index (χ1) is 15.5. The minimum absolute atomic E-state index is 0.0282. The van der Waals surface area contributed by atoms with Crippen molar-refractivity contribution in [3.8, 4) is 5.75 Å². The minimum Gasteiger partial charge on any atom is -0.507 e. The van der Waals surface area contributed by atoms with Crippen molar-refractivity contribution in [2.24, 2.45) is 23.5 Å². The number of primary amides is 1. The third kappa shape index (κ3) is 2.70. The van der Waals surface area contributed by atoms with E-state index in [9.17, 15) is 34.5 Å². The Kier molecular flexibility index (Phi) is 4.44. The number of hydrogen-bond acceptors (Lipinski definition) is 8. The van der Waals surface area contributed by atoms with Gasteiger partial charge in [0.1, 0.15) is 11.5 Å². The first kappa shape index (κ1) is 21.2. The lowest BCUT2D eigenvalue weighted by Crippen LogP contribution is -2.54. The molecular formula is C23H23N3O7. The maximum absolute atomic E-state index is 13.6. The first-order valence-corrected chi connectivity index (χ1v) is 10.6. The van der Waals surface area contributed by atoms with E-state index in [2.05, 4.69) is 5.32 Å². The molecule has 1 saturated heterocycles. The molecule has 33 heavy (non-hydrogen) atoms. The smallest absolute Gasteiger partial charge is 0.253 e. The Balaban J connectivity index is 1.68. The molecule has 0 bridgehead atoms. The van der Waals surface area contributed by atoms with Gasteiger partial charge in [0.2, 0.25) is 0 Å². The number of fused-ring (bicyclic) bond motifs is 5. The number of aliphatic hydroxyl groups excluding tert-OH is 2. The summed E-state index contributed by atoms with van der Waals surface area (Å²) in [5.74, 6) is -6.47. The van der Waals surface area contributed by atoms with Crippen LogP contribution < -0.4 is 16.0 Å². The number of Topliss-reactive ketones (excluding diaryl/α,β-unsaturated/α-hetero) is 2. The summed E-state index contributed by atoms with van der Waals surface area (Å²) in [6.45, 7) is 0. The fourth-order valence-electron chi connectivity index (χ4n) is 5.99. The number of phenols is 1. The standard InChI is InChI=1S/C23H23N3O7/c1-26(2)10-3-4-11(27)13-8(10)5-7-6-9-14(19(29)12(7)18(13)28)20(30)16(22(24)32)15-17(9)25-23(33)21(15)31/h3-4,7,9,14,17,21,27-28,31H,5-6H2,1-2H3,(H2,24,32)(H,25,33). The van der Waals surface area contributed by atoms with Crippen molar-refractivity contribution < 1.29 is 34.5 Å². The Hall–Kier alpha value is -3.66. The van der Waals surface area contributed by atoms with E-state index < -0.39 is 58.9 Å². The molecule has 0 radical (unpaired) electrons. The second kappa shape index (κ2) is 6.92. The van der Waals surface area contributed by atoms with Gasteiger partial charge in [-0.15, -0.1) is 0 Å². The van der Waals surface area contributed by atoms with Gasteiger partial charge in [0, 0.05) is 36.8 Å². The zero-order valence-corrected chi connectivity index (χ0v) is 18.0. The summed E-state index contributed by atoms with van der Waals surface area (Å²) < 4.78 is 0. The highest BCUT2D eigenvalue weighted by Crippen LogP contribution is 2.52. The molecule has 2 fully saturated rings. The number of amides is 2. The normalized spacial score (nSPS) is 30.4. The summed E-state index contributed by atoms with van der Waals surface area (Å²) in [6.07, 6.45) is -1.12. The van der Waals surface area contributed by atoms with Gasteiger partial charge >= 0.3 is 0 Å². The van der Waals surface area contributed by atoms with Crippen molar-refractivity contribution in [3.05, 3.63) is 40.0 Å². The Morgan fingerprint density at radius 1 is 1.15 bits per heavy atom. The van der Waals surface area contributed by atoms with E-state index in [0.29, 0.717) is 12.0 Å². The number of aliphatic hydroxyl groups is 2. The predicted molar refractivity (Wildman–Crippen MR) is 115 cm³/mol. The Morgan fingerprint density at radius 3 is 2.48 bits per heavy atom. The van der Waals surface area contributed by atoms with E-state index in [1.54, 1.807) is 6.07 Å². The average Bonchev–Trinajstić information content (AvgIpc) is 3.02. The number of allylic oxidation sites excluding steroid dienone is 1. The topological polar surface area (TPSA) is 170 Å². The Morgan fingerprint density at radius 2 is 1.85 bits per heavy atom. The van der Waals surface area contributed by atoms with Crippen molar-refractivity contribution in [1.82, 2.24) is 5.32 Å². The molecule has 6 N–H and O–H groups in total. The molecule has 5 unspecified atom stereocenters. The maximum atomic E-state index is 13.6. The lowest BCUT2D eigenvalue weighted by molar-refractivity contribution is -0.135. The molecule has 1 aromatic rings. The van der Waals surface area contributed by atoms with Crippen LogP contribution in [0.5, 0.6) is 5.75 Å². The molecule has 10 heteroatoms. The van der Waals surface area contributed by atoms with E-state index in [4.69, 9.17) is 5.73 Å². The van der Waals surface area contributed by atoms with Crippen molar-refractivity contribution >= 4 is 34.8 Å². The van der Waals surface area contributed by atoms with E-state index in [-0.39, 0.29) is 34.6 Å². The van der Waals surface area contributed by atoms with Gasteiger partial charge in [0.05, 0.1) is 23.1 Å². The lowest BCUT2D eigenvalue weighted by atomic mass is 9.58. The van der Waals surface area contributed by atoms with Crippen molar-refractivity contribution in [3.63, 3.8) is 0 Å². The van der Waals surface area contributed by atoms with Gasteiger partial charge in [-0.05, 0) is 36.5 Å². The number of aromatic hydroxyl groups is 1. The number of benzene rings is 1. The van der Waals surface area contributed by atoms with Gasteiger partial charge in [-0.2, -0.15) is 0 Å². The SMILES string of the molecule is CN(C)c1ccc(O)c2c1CC1CC3C4NC(=O)C(O)C4=C(C(N)=O)C(=O)C3C(=O)C1=C2O. The second-order valence-electron chi connectivity index (χ2n) is 9.20. The predicted octanol–water partition coefficient (Wildman–Crippen LogP) is -0.671. The Labute approximate surface area is 188 Å². The number of nitrogens with two attached hydrogens (primary N) is 1. The van der Waals surface area contributed by atoms with Gasteiger partial charge in [-0.25, -0.2) is 0 Å². The van der Waals surface area contributed by atoms with E-state index in [0.717, 1.165) is 5.69 Å². The molecule has 0 spiro atoms. The number of carbonyl (C=O) groups is 4. The lowest BCUT2D eigenvalue weighted by Gasteiger charge is -2.44. The number of carbonyl (C=O) groups excluding carboxylic acids is 4. The van der Waals surface area contributed by atoms with Crippen molar-refractivity contribution in [2.45, 2.75) is 25.0 Å². The second-order valence-corrected chi connectivity index (χ2v) is 9.20. The molecule has 5 atom stereocenters. The van der Waals surface area contributed by atoms with Crippen LogP contribution in [0, 0.1) is 17.8 Å². The zero-order valence-electron chi connectivity index (χ0n) is 18.0. The molecule has 172 valence electrons. The monoisotopic (exact) mass is 453 g/mol. The van der Waals surface area contributed by atoms with Crippen LogP contribution in [0.2, 0.25) is 0 Å². The molecule has 4 aliphatic rings. The van der Waals surface area contributed by atoms with E-state index in [1.165, 1.54) is 6.07 Å². The molecule has 1 heterocycles. The van der Waals surface area contributed by atoms with Gasteiger partial charge < -0.3 is 31.3 Å². The summed E-state index contributed by atoms with van der Waals surface area (Å²) in [6, 6.07) is 2.27. The van der Waals surface area contributed by atoms with E-state index >= 15 is 0 Å². The minimum atomic E-state index is -1.69. The number of nitrogens with one attached hydrogen (secondary N) is 1. The molecule has 2 amide bonds. The molecule has 10 nitrogen and oxygen atoms in total. The third-order valence-electron chi connectivity index (χ3n) is 7.30. The fourth-order valence-corrected chi connectivity index (χ4v) is 5.99. The number of hydrogen-bond donors (Lipinski definition) is 5. The zero-order chi connectivity index (χ0) is 23.9. The van der Waals surface area contributed by atoms with Crippen LogP contribution >= 0.6 is 0 Å². The van der Waals surface area contributed by atoms with Crippen LogP contribution in [-0.2, 0) is 25.6 Å². The highest BCUT2D eigenvalue weighted by molar-refractivity contribution is 6.29. The average molecular weight is 453 g/mol. The number of rotatable bonds is 2. The van der Waals surface area contributed by atoms with E-state index in [1.807, 2.05) is 19.0 Å². The molecule has 1 aromatic carbocycles. The number of anilines is 1. The van der Waals surface area contributed by atoms with Gasteiger partial charge in [-0.1, -0.05) is 0 Å². The van der Waals surface area contributed by atoms with Crippen molar-refractivity contribution in [2.75, 3.05) is 19.0 Å². The molecule has 3 aliphatic carbocycles. The van der Waals surface area contributed by atoms with Crippen molar-refractivity contribution in [1.29, 1.82) is 0 Å². The van der Waals surface area contributed by atoms with Crippen LogP contribution in [0.25, 0.3) is 5.76 Å². The molecule has 1 saturated carbocycles. The quantitative estimate of drug-likeness (QED) is 0.290. The van der Waals surface area contributed by atoms with Crippen LogP contribution in [0.4, 0.5) is 5.69 Å². The highest BCUT2D eigenvalue weighted by atomic mass is 16.3. The van der Waals surface area contributed by atoms with Crippen LogP contribution in [0.15, 0.2) is 28.9 Å². The van der Waals surface area contributed by atoms with Gasteiger partial charge in [0.15, 0.2) is 17.7 Å². The summed E-state index contributed by atoms with van der Waals surface area (Å²) in [7, 11) is 3.64. The highest BCUT2D eigenvalue weighted by Gasteiger charge is 2.58. The molecular weight excluding hydrogens is 430 g/mol. The number of nitrogens with zero attached hydrogens (tertiary/aromatic N) is 1. The van der Waals surface area contributed by atoms with Crippen LogP contribution in [-0.4, -0.2) is 64.9 Å². The molecule has 1 aliphatic heterocycles. The number of ketones is 2. The fraction of sp³-hybridized carbons (Fsp3) is 0.391. The van der Waals surface area contributed by atoms with Crippen LogP contribution in [0.3, 0.4) is 0 Å². The Bertz CT molecular complexity index is 1230. The third-order valence-corrected chi connectivity index (χ3v) is 7.30. The number of phenolic OH excluding ortho intramolecular Hbond substituents is 1. The molecule has 5 rings (SSSR count). The summed E-state index contributed by atoms with van der Waals surface area (Å²) in [5, 5.41) is 34.5. The van der Waals surface area contributed by atoms with Gasteiger partial charge in [0.25, 0.3) is 11.8 Å². The maximum Gasteiger partial charge on any atom is 0.253 e. The summed E-state index contributed by atoms with van der Waals surface area (Å²) >= 11 is 0. The summed E-state index contributed by atoms with van der Waals surface area (Å²) in [5.41, 5.74) is 6.40. The van der Waals surface area contributed by atoms with Crippen LogP contribution in [0.1, 0.15) is 17.5 Å².